The molecule has 0 bridgehead atoms. The minimum Gasteiger partial charge on any atom is -0.504 e. The van der Waals surface area contributed by atoms with Crippen molar-refractivity contribution in [2.24, 2.45) is 0 Å². The van der Waals surface area contributed by atoms with Crippen LogP contribution in [0, 0.1) is 17.5 Å². The van der Waals surface area contributed by atoms with E-state index in [1.807, 2.05) is 0 Å². The van der Waals surface area contributed by atoms with Gasteiger partial charge in [0.1, 0.15) is 0 Å². The number of hydrogen-bond acceptors (Lipinski definition) is 3. The average molecular weight is 282 g/mol. The van der Waals surface area contributed by atoms with Crippen molar-refractivity contribution in [3.63, 3.8) is 0 Å². The second-order valence-corrected chi connectivity index (χ2v) is 3.96. The van der Waals surface area contributed by atoms with Gasteiger partial charge in [0.2, 0.25) is 0 Å². The summed E-state index contributed by atoms with van der Waals surface area (Å²) in [4.78, 5) is 10.8. The Morgan fingerprint density at radius 2 is 1.85 bits per heavy atom. The van der Waals surface area contributed by atoms with E-state index in [2.05, 4.69) is 0 Å². The maximum Gasteiger partial charge on any atom is 0.195 e. The van der Waals surface area contributed by atoms with Crippen LogP contribution in [-0.2, 0) is 0 Å². The molecule has 3 nitrogen and oxygen atoms in total. The zero-order valence-corrected chi connectivity index (χ0v) is 10.3. The van der Waals surface area contributed by atoms with Crippen molar-refractivity contribution >= 4 is 6.29 Å². The average Bonchev–Trinajstić information content (AvgIpc) is 2.45. The molecular weight excluding hydrogens is 273 g/mol. The van der Waals surface area contributed by atoms with E-state index in [4.69, 9.17) is 4.74 Å². The molecule has 2 aromatic carbocycles. The summed E-state index contributed by atoms with van der Waals surface area (Å²) < 4.78 is 44.7. The number of hydrogen-bond donors (Lipinski definition) is 1. The summed E-state index contributed by atoms with van der Waals surface area (Å²) in [6, 6.07) is 4.18. The van der Waals surface area contributed by atoms with Gasteiger partial charge < -0.3 is 9.84 Å². The smallest absolute Gasteiger partial charge is 0.195 e. The van der Waals surface area contributed by atoms with Gasteiger partial charge in [-0.25, -0.2) is 13.2 Å². The number of carbonyl (C=O) groups excluding carboxylic acids is 1. The Balaban J connectivity index is 2.70. The van der Waals surface area contributed by atoms with Crippen molar-refractivity contribution in [3.8, 4) is 22.6 Å². The first-order chi connectivity index (χ1) is 9.49. The standard InChI is InChI=1S/C14H9F3O3/c1-20-11-5-7(4-8(6-18)14(11)19)9-2-3-10(15)13(17)12(9)16/h2-6,19H,1H3. The highest BCUT2D eigenvalue weighted by Gasteiger charge is 2.17. The van der Waals surface area contributed by atoms with E-state index in [0.29, 0.717) is 6.29 Å². The summed E-state index contributed by atoms with van der Waals surface area (Å²) in [6.07, 6.45) is 0.346. The van der Waals surface area contributed by atoms with Gasteiger partial charge in [-0.3, -0.25) is 4.79 Å². The number of phenolic OH excluding ortho intramolecular Hbond substituents is 1. The van der Waals surface area contributed by atoms with Crippen LogP contribution in [0.5, 0.6) is 11.5 Å². The van der Waals surface area contributed by atoms with Gasteiger partial charge in [0, 0.05) is 5.56 Å². The molecule has 0 aromatic heterocycles. The summed E-state index contributed by atoms with van der Waals surface area (Å²) in [5.74, 6) is -4.78. The van der Waals surface area contributed by atoms with E-state index in [1.54, 1.807) is 0 Å². The first-order valence-electron chi connectivity index (χ1n) is 5.49. The summed E-state index contributed by atoms with van der Waals surface area (Å²) in [5, 5.41) is 9.64. The molecule has 0 fully saturated rings. The highest BCUT2D eigenvalue weighted by atomic mass is 19.2. The van der Waals surface area contributed by atoms with Crippen molar-refractivity contribution in [2.75, 3.05) is 7.11 Å². The third-order valence-electron chi connectivity index (χ3n) is 2.80. The van der Waals surface area contributed by atoms with Gasteiger partial charge in [0.25, 0.3) is 0 Å². The van der Waals surface area contributed by atoms with Crippen molar-refractivity contribution in [1.82, 2.24) is 0 Å². The first kappa shape index (κ1) is 13.9. The summed E-state index contributed by atoms with van der Waals surface area (Å²) in [5.41, 5.74) is -0.313. The Hall–Kier alpha value is -2.50. The Labute approximate surface area is 112 Å². The first-order valence-corrected chi connectivity index (χ1v) is 5.49. The number of aldehydes is 1. The highest BCUT2D eigenvalue weighted by Crippen LogP contribution is 2.36. The van der Waals surface area contributed by atoms with Gasteiger partial charge in [0.15, 0.2) is 35.2 Å². The number of methoxy groups -OCH3 is 1. The van der Waals surface area contributed by atoms with Gasteiger partial charge in [-0.05, 0) is 29.8 Å². The molecule has 0 radical (unpaired) electrons. The number of phenols is 1. The van der Waals surface area contributed by atoms with Gasteiger partial charge >= 0.3 is 0 Å². The molecule has 0 aliphatic carbocycles. The lowest BCUT2D eigenvalue weighted by Gasteiger charge is -2.10. The van der Waals surface area contributed by atoms with Crippen LogP contribution in [0.25, 0.3) is 11.1 Å². The molecule has 0 aliphatic heterocycles. The van der Waals surface area contributed by atoms with E-state index < -0.39 is 23.2 Å². The quantitative estimate of drug-likeness (QED) is 0.694. The van der Waals surface area contributed by atoms with E-state index >= 15 is 0 Å². The monoisotopic (exact) mass is 282 g/mol. The summed E-state index contributed by atoms with van der Waals surface area (Å²) in [7, 11) is 1.25. The normalized spacial score (nSPS) is 10.4. The maximum atomic E-state index is 13.7. The minimum absolute atomic E-state index is 0.0752. The van der Waals surface area contributed by atoms with E-state index in [-0.39, 0.29) is 22.4 Å². The van der Waals surface area contributed by atoms with Gasteiger partial charge in [0.05, 0.1) is 12.7 Å². The molecule has 0 saturated carbocycles. The molecule has 0 unspecified atom stereocenters. The van der Waals surface area contributed by atoms with Crippen LogP contribution in [0.4, 0.5) is 13.2 Å². The van der Waals surface area contributed by atoms with Crippen LogP contribution in [0.3, 0.4) is 0 Å². The van der Waals surface area contributed by atoms with Crippen molar-refractivity contribution in [2.45, 2.75) is 0 Å². The zero-order chi connectivity index (χ0) is 14.9. The highest BCUT2D eigenvalue weighted by molar-refractivity contribution is 5.85. The number of benzene rings is 2. The summed E-state index contributed by atoms with van der Waals surface area (Å²) in [6.45, 7) is 0. The second kappa shape index (κ2) is 5.24. The largest absolute Gasteiger partial charge is 0.504 e. The topological polar surface area (TPSA) is 46.5 Å². The molecule has 0 aliphatic rings. The van der Waals surface area contributed by atoms with E-state index in [1.165, 1.54) is 13.2 Å². The molecule has 2 rings (SSSR count). The predicted molar refractivity (Wildman–Crippen MR) is 65.4 cm³/mol. The van der Waals surface area contributed by atoms with Crippen LogP contribution < -0.4 is 4.74 Å². The molecule has 0 saturated heterocycles. The molecule has 0 heterocycles. The minimum atomic E-state index is -1.61. The molecule has 2 aromatic rings. The molecule has 104 valence electrons. The third kappa shape index (κ3) is 2.20. The summed E-state index contributed by atoms with van der Waals surface area (Å²) >= 11 is 0. The number of carbonyl (C=O) groups is 1. The number of ether oxygens (including phenoxy) is 1. The molecular formula is C14H9F3O3. The van der Waals surface area contributed by atoms with Gasteiger partial charge in [-0.15, -0.1) is 0 Å². The van der Waals surface area contributed by atoms with Crippen molar-refractivity contribution < 1.29 is 27.8 Å². The van der Waals surface area contributed by atoms with Gasteiger partial charge in [-0.1, -0.05) is 0 Å². The predicted octanol–water partition coefficient (Wildman–Crippen LogP) is 3.30. The number of halogens is 3. The zero-order valence-electron chi connectivity index (χ0n) is 10.3. The Bertz CT molecular complexity index is 684. The lowest BCUT2D eigenvalue weighted by molar-refractivity contribution is 0.112. The molecule has 6 heteroatoms. The SMILES string of the molecule is COc1cc(-c2ccc(F)c(F)c2F)cc(C=O)c1O. The number of rotatable bonds is 3. The third-order valence-corrected chi connectivity index (χ3v) is 2.80. The van der Waals surface area contributed by atoms with Crippen LogP contribution in [0.15, 0.2) is 24.3 Å². The fourth-order valence-electron chi connectivity index (χ4n) is 1.78. The molecule has 0 atom stereocenters. The van der Waals surface area contributed by atoms with E-state index in [0.717, 1.165) is 18.2 Å². The molecule has 20 heavy (non-hydrogen) atoms. The fourth-order valence-corrected chi connectivity index (χ4v) is 1.78. The van der Waals surface area contributed by atoms with Crippen molar-refractivity contribution in [3.05, 3.63) is 47.3 Å². The van der Waals surface area contributed by atoms with Crippen LogP contribution in [0.2, 0.25) is 0 Å². The Morgan fingerprint density at radius 3 is 2.45 bits per heavy atom. The van der Waals surface area contributed by atoms with Crippen LogP contribution in [0.1, 0.15) is 10.4 Å². The maximum absolute atomic E-state index is 13.7. The van der Waals surface area contributed by atoms with Crippen LogP contribution in [-0.4, -0.2) is 18.5 Å². The van der Waals surface area contributed by atoms with Crippen LogP contribution >= 0.6 is 0 Å². The number of aromatic hydroxyl groups is 1. The Kier molecular flexibility index (Phi) is 3.65. The fraction of sp³-hybridized carbons (Fsp3) is 0.0714. The van der Waals surface area contributed by atoms with Crippen molar-refractivity contribution in [1.29, 1.82) is 0 Å². The second-order valence-electron chi connectivity index (χ2n) is 3.96. The molecule has 0 amide bonds. The molecule has 1 N–H and O–H groups in total. The Morgan fingerprint density at radius 1 is 1.15 bits per heavy atom. The lowest BCUT2D eigenvalue weighted by Crippen LogP contribution is -1.96. The molecule has 0 spiro atoms. The van der Waals surface area contributed by atoms with E-state index in [9.17, 15) is 23.1 Å². The van der Waals surface area contributed by atoms with Gasteiger partial charge in [-0.2, -0.15) is 0 Å². The lowest BCUT2D eigenvalue weighted by atomic mass is 10.0.